The number of nitrogens with zero attached hydrogens (tertiary/aromatic N) is 1. The van der Waals surface area contributed by atoms with E-state index in [0.717, 1.165) is 5.69 Å². The second-order valence-corrected chi connectivity index (χ2v) is 6.97. The van der Waals surface area contributed by atoms with Crippen molar-refractivity contribution in [1.29, 1.82) is 0 Å². The molecule has 0 aromatic carbocycles. The number of hydrogen-bond acceptors (Lipinski definition) is 3. The Bertz CT molecular complexity index is 589. The molecular weight excluding hydrogens is 292 g/mol. The molecule has 1 aliphatic rings. The van der Waals surface area contributed by atoms with Crippen LogP contribution in [0.3, 0.4) is 0 Å². The van der Waals surface area contributed by atoms with Gasteiger partial charge >= 0.3 is 5.97 Å². The van der Waals surface area contributed by atoms with Crippen molar-refractivity contribution in [1.82, 2.24) is 10.3 Å². The average Bonchev–Trinajstić information content (AvgIpc) is 3.15. The normalized spacial score (nSPS) is 16.4. The Labute approximate surface area is 128 Å². The fourth-order valence-electron chi connectivity index (χ4n) is 1.98. The molecule has 1 amide bonds. The summed E-state index contributed by atoms with van der Waals surface area (Å²) < 4.78 is 0. The molecule has 114 valence electrons. The number of halogens is 1. The number of carboxylic acids is 1. The van der Waals surface area contributed by atoms with Crippen LogP contribution in [0.4, 0.5) is 0 Å². The van der Waals surface area contributed by atoms with E-state index in [1.165, 1.54) is 6.07 Å². The Morgan fingerprint density at radius 2 is 2.00 bits per heavy atom. The molecule has 1 aromatic rings. The van der Waals surface area contributed by atoms with Crippen molar-refractivity contribution >= 4 is 23.5 Å². The zero-order valence-corrected chi connectivity index (χ0v) is 13.1. The van der Waals surface area contributed by atoms with Gasteiger partial charge in [-0.2, -0.15) is 0 Å². The number of carbonyl (C=O) groups is 2. The molecule has 2 N–H and O–H groups in total. The van der Waals surface area contributed by atoms with E-state index in [4.69, 9.17) is 16.7 Å². The lowest BCUT2D eigenvalue weighted by Crippen LogP contribution is -2.34. The summed E-state index contributed by atoms with van der Waals surface area (Å²) in [5, 5.41) is 12.0. The van der Waals surface area contributed by atoms with E-state index in [0.29, 0.717) is 18.4 Å². The highest BCUT2D eigenvalue weighted by atomic mass is 35.5. The van der Waals surface area contributed by atoms with Gasteiger partial charge < -0.3 is 10.4 Å². The molecule has 0 aliphatic heterocycles. The molecule has 0 atom stereocenters. The van der Waals surface area contributed by atoms with Crippen LogP contribution in [-0.4, -0.2) is 28.5 Å². The van der Waals surface area contributed by atoms with Gasteiger partial charge in [0.25, 0.3) is 5.91 Å². The van der Waals surface area contributed by atoms with Crippen LogP contribution in [0.2, 0.25) is 5.15 Å². The first-order valence-electron chi connectivity index (χ1n) is 6.84. The first kappa shape index (κ1) is 15.8. The maximum absolute atomic E-state index is 12.2. The molecule has 0 unspecified atom stereocenters. The Morgan fingerprint density at radius 1 is 1.38 bits per heavy atom. The SMILES string of the molecule is CC(C)(C)c1cc(C(=O)NCC2(C(=O)O)CC2)cc(Cl)n1. The van der Waals surface area contributed by atoms with Gasteiger partial charge in [0.15, 0.2) is 0 Å². The molecule has 1 heterocycles. The van der Waals surface area contributed by atoms with Crippen LogP contribution in [0.25, 0.3) is 0 Å². The van der Waals surface area contributed by atoms with Crippen molar-refractivity contribution < 1.29 is 14.7 Å². The summed E-state index contributed by atoms with van der Waals surface area (Å²) in [4.78, 5) is 27.5. The third-order valence-corrected chi connectivity index (χ3v) is 3.91. The Balaban J connectivity index is 2.13. The molecule has 5 nitrogen and oxygen atoms in total. The second-order valence-electron chi connectivity index (χ2n) is 6.58. The first-order valence-corrected chi connectivity index (χ1v) is 7.21. The summed E-state index contributed by atoms with van der Waals surface area (Å²) in [5.41, 5.74) is 0.124. The molecule has 6 heteroatoms. The third kappa shape index (κ3) is 3.53. The van der Waals surface area contributed by atoms with Crippen molar-refractivity contribution in [2.24, 2.45) is 5.41 Å². The van der Waals surface area contributed by atoms with Gasteiger partial charge in [-0.3, -0.25) is 9.59 Å². The number of nitrogens with one attached hydrogen (secondary N) is 1. The van der Waals surface area contributed by atoms with E-state index in [1.807, 2.05) is 20.8 Å². The topological polar surface area (TPSA) is 79.3 Å². The van der Waals surface area contributed by atoms with E-state index in [2.05, 4.69) is 10.3 Å². The van der Waals surface area contributed by atoms with Crippen LogP contribution in [-0.2, 0) is 10.2 Å². The first-order chi connectivity index (χ1) is 9.64. The summed E-state index contributed by atoms with van der Waals surface area (Å²) in [6.07, 6.45) is 1.21. The molecule has 0 radical (unpaired) electrons. The Kier molecular flexibility index (Phi) is 3.97. The van der Waals surface area contributed by atoms with Gasteiger partial charge in [-0.05, 0) is 25.0 Å². The zero-order chi connectivity index (χ0) is 15.8. The zero-order valence-electron chi connectivity index (χ0n) is 12.4. The van der Waals surface area contributed by atoms with Gasteiger partial charge in [-0.25, -0.2) is 4.98 Å². The minimum absolute atomic E-state index is 0.145. The predicted octanol–water partition coefficient (Wildman–Crippen LogP) is 2.63. The molecule has 1 fully saturated rings. The number of aromatic nitrogens is 1. The number of hydrogen-bond donors (Lipinski definition) is 2. The van der Waals surface area contributed by atoms with E-state index in [-0.39, 0.29) is 23.0 Å². The van der Waals surface area contributed by atoms with Crippen LogP contribution < -0.4 is 5.32 Å². The quantitative estimate of drug-likeness (QED) is 0.838. The molecule has 21 heavy (non-hydrogen) atoms. The number of aliphatic carboxylic acids is 1. The third-order valence-electron chi connectivity index (χ3n) is 3.72. The van der Waals surface area contributed by atoms with E-state index >= 15 is 0 Å². The van der Waals surface area contributed by atoms with Gasteiger partial charge in [0.1, 0.15) is 5.15 Å². The Hall–Kier alpha value is -1.62. The van der Waals surface area contributed by atoms with E-state index in [1.54, 1.807) is 6.07 Å². The van der Waals surface area contributed by atoms with E-state index < -0.39 is 11.4 Å². The van der Waals surface area contributed by atoms with Crippen molar-refractivity contribution in [3.8, 4) is 0 Å². The molecule has 1 saturated carbocycles. The van der Waals surface area contributed by atoms with Crippen molar-refractivity contribution in [3.05, 3.63) is 28.5 Å². The highest BCUT2D eigenvalue weighted by Crippen LogP contribution is 2.45. The predicted molar refractivity (Wildman–Crippen MR) is 79.6 cm³/mol. The van der Waals surface area contributed by atoms with Gasteiger partial charge in [-0.1, -0.05) is 32.4 Å². The van der Waals surface area contributed by atoms with Crippen LogP contribution in [0, 0.1) is 5.41 Å². The van der Waals surface area contributed by atoms with Gasteiger partial charge in [-0.15, -0.1) is 0 Å². The minimum atomic E-state index is -0.856. The number of rotatable bonds is 4. The number of pyridine rings is 1. The Morgan fingerprint density at radius 3 is 2.48 bits per heavy atom. The summed E-state index contributed by atoms with van der Waals surface area (Å²) in [6, 6.07) is 3.19. The molecule has 0 saturated heterocycles. The van der Waals surface area contributed by atoms with Gasteiger partial charge in [0, 0.05) is 23.2 Å². The molecule has 0 spiro atoms. The van der Waals surface area contributed by atoms with Crippen molar-refractivity contribution in [2.75, 3.05) is 6.54 Å². The molecule has 2 rings (SSSR count). The number of carboxylic acid groups (broad SMARTS) is 1. The lowest BCUT2D eigenvalue weighted by atomic mass is 9.91. The van der Waals surface area contributed by atoms with E-state index in [9.17, 15) is 9.59 Å². The fourth-order valence-corrected chi connectivity index (χ4v) is 2.19. The smallest absolute Gasteiger partial charge is 0.311 e. The van der Waals surface area contributed by atoms with Crippen LogP contribution >= 0.6 is 11.6 Å². The van der Waals surface area contributed by atoms with Crippen LogP contribution in [0.1, 0.15) is 49.7 Å². The summed E-state index contributed by atoms with van der Waals surface area (Å²) in [5.74, 6) is -1.18. The highest BCUT2D eigenvalue weighted by molar-refractivity contribution is 6.29. The lowest BCUT2D eigenvalue weighted by molar-refractivity contribution is -0.143. The van der Waals surface area contributed by atoms with Gasteiger partial charge in [0.2, 0.25) is 0 Å². The van der Waals surface area contributed by atoms with Crippen molar-refractivity contribution in [2.45, 2.75) is 39.0 Å². The molecule has 0 bridgehead atoms. The fraction of sp³-hybridized carbons (Fsp3) is 0.533. The summed E-state index contributed by atoms with van der Waals surface area (Å²) >= 11 is 5.97. The van der Waals surface area contributed by atoms with Crippen molar-refractivity contribution in [3.63, 3.8) is 0 Å². The van der Waals surface area contributed by atoms with Crippen LogP contribution in [0.15, 0.2) is 12.1 Å². The monoisotopic (exact) mass is 310 g/mol. The molecular formula is C15H19ClN2O3. The standard InChI is InChI=1S/C15H19ClN2O3/c1-14(2,3)10-6-9(7-11(16)18-10)12(19)17-8-15(4-5-15)13(20)21/h6-7H,4-5,8H2,1-3H3,(H,17,19)(H,20,21). The summed E-state index contributed by atoms with van der Waals surface area (Å²) in [6.45, 7) is 6.09. The number of carbonyl (C=O) groups excluding carboxylic acids is 1. The highest BCUT2D eigenvalue weighted by Gasteiger charge is 2.50. The largest absolute Gasteiger partial charge is 0.481 e. The van der Waals surface area contributed by atoms with Crippen LogP contribution in [0.5, 0.6) is 0 Å². The molecule has 1 aromatic heterocycles. The number of amides is 1. The lowest BCUT2D eigenvalue weighted by Gasteiger charge is -2.19. The molecule has 1 aliphatic carbocycles. The minimum Gasteiger partial charge on any atom is -0.481 e. The summed E-state index contributed by atoms with van der Waals surface area (Å²) in [7, 11) is 0. The average molecular weight is 311 g/mol. The maximum atomic E-state index is 12.2. The van der Waals surface area contributed by atoms with Gasteiger partial charge in [0.05, 0.1) is 5.41 Å². The maximum Gasteiger partial charge on any atom is 0.311 e. The second kappa shape index (κ2) is 5.30.